The fourth-order valence-electron chi connectivity index (χ4n) is 3.00. The molecule has 32 heavy (non-hydrogen) atoms. The van der Waals surface area contributed by atoms with Gasteiger partial charge in [0.1, 0.15) is 5.75 Å². The largest absolute Gasteiger partial charge is 0.496 e. The van der Waals surface area contributed by atoms with Crippen LogP contribution in [0.3, 0.4) is 0 Å². The molecule has 9 heteroatoms. The average Bonchev–Trinajstić information content (AvgIpc) is 2.80. The van der Waals surface area contributed by atoms with Crippen LogP contribution in [0.5, 0.6) is 5.75 Å². The number of methoxy groups -OCH3 is 1. The molecule has 0 spiro atoms. The Morgan fingerprint density at radius 3 is 2.59 bits per heavy atom. The Morgan fingerprint density at radius 2 is 1.94 bits per heavy atom. The van der Waals surface area contributed by atoms with Crippen LogP contribution in [0.15, 0.2) is 83.1 Å². The predicted molar refractivity (Wildman–Crippen MR) is 122 cm³/mol. The predicted octanol–water partition coefficient (Wildman–Crippen LogP) is 2.74. The number of aryl methyl sites for hydroxylation is 1. The van der Waals surface area contributed by atoms with E-state index in [1.807, 2.05) is 18.2 Å². The van der Waals surface area contributed by atoms with Gasteiger partial charge in [-0.05, 0) is 42.3 Å². The number of carbonyl (C=O) groups is 1. The summed E-state index contributed by atoms with van der Waals surface area (Å²) in [6.45, 7) is 1.40. The lowest BCUT2D eigenvalue weighted by molar-refractivity contribution is -0.121. The van der Waals surface area contributed by atoms with Gasteiger partial charge in [-0.1, -0.05) is 36.4 Å². The zero-order valence-electron chi connectivity index (χ0n) is 17.8. The van der Waals surface area contributed by atoms with Crippen molar-refractivity contribution in [2.75, 3.05) is 13.7 Å². The van der Waals surface area contributed by atoms with E-state index in [2.05, 4.69) is 15.5 Å². The SMILES string of the molecule is COc1ccc(S(=O)(=O)N(CC(=O)N/N=C/c2cccnc2)Cc2ccccc2)cc1C. The van der Waals surface area contributed by atoms with Crippen LogP contribution in [0.25, 0.3) is 0 Å². The number of nitrogens with zero attached hydrogens (tertiary/aromatic N) is 3. The number of amides is 1. The molecule has 0 radical (unpaired) electrons. The number of rotatable bonds is 9. The molecule has 1 heterocycles. The first-order chi connectivity index (χ1) is 15.4. The highest BCUT2D eigenvalue weighted by molar-refractivity contribution is 7.89. The Labute approximate surface area is 187 Å². The molecule has 0 aliphatic carbocycles. The molecule has 2 aromatic carbocycles. The highest BCUT2D eigenvalue weighted by Crippen LogP contribution is 2.24. The summed E-state index contributed by atoms with van der Waals surface area (Å²) in [6, 6.07) is 17.2. The minimum absolute atomic E-state index is 0.0357. The lowest BCUT2D eigenvalue weighted by atomic mass is 10.2. The maximum absolute atomic E-state index is 13.4. The molecule has 166 valence electrons. The number of hydrogen-bond acceptors (Lipinski definition) is 6. The molecule has 0 aliphatic rings. The van der Waals surface area contributed by atoms with Crippen molar-refractivity contribution in [3.63, 3.8) is 0 Å². The standard InChI is InChI=1S/C23H24N4O4S/c1-18-13-21(10-11-22(18)31-2)32(29,30)27(16-19-7-4-3-5-8-19)17-23(28)26-25-15-20-9-6-12-24-14-20/h3-15H,16-17H2,1-2H3,(H,26,28)/b25-15+. The van der Waals surface area contributed by atoms with Gasteiger partial charge in [0.25, 0.3) is 5.91 Å². The van der Waals surface area contributed by atoms with Crippen LogP contribution in [0.2, 0.25) is 0 Å². The lowest BCUT2D eigenvalue weighted by Gasteiger charge is -2.22. The summed E-state index contributed by atoms with van der Waals surface area (Å²) >= 11 is 0. The smallest absolute Gasteiger partial charge is 0.255 e. The van der Waals surface area contributed by atoms with E-state index in [-0.39, 0.29) is 11.4 Å². The van der Waals surface area contributed by atoms with Crippen molar-refractivity contribution in [2.24, 2.45) is 5.10 Å². The third kappa shape index (κ3) is 5.99. The molecule has 1 aromatic heterocycles. The highest BCUT2D eigenvalue weighted by atomic mass is 32.2. The van der Waals surface area contributed by atoms with Crippen molar-refractivity contribution < 1.29 is 17.9 Å². The number of benzene rings is 2. The van der Waals surface area contributed by atoms with Gasteiger partial charge in [-0.25, -0.2) is 13.8 Å². The van der Waals surface area contributed by atoms with E-state index in [9.17, 15) is 13.2 Å². The topological polar surface area (TPSA) is 101 Å². The van der Waals surface area contributed by atoms with Crippen LogP contribution >= 0.6 is 0 Å². The van der Waals surface area contributed by atoms with Crippen molar-refractivity contribution in [3.8, 4) is 5.75 Å². The Bertz CT molecular complexity index is 1180. The van der Waals surface area contributed by atoms with E-state index in [1.54, 1.807) is 49.6 Å². The second kappa shape index (κ2) is 10.7. The molecule has 3 aromatic rings. The Hall–Kier alpha value is -3.56. The van der Waals surface area contributed by atoms with Crippen molar-refractivity contribution in [3.05, 3.63) is 89.7 Å². The van der Waals surface area contributed by atoms with Gasteiger partial charge in [0.15, 0.2) is 0 Å². The number of hydrogen-bond donors (Lipinski definition) is 1. The third-order valence-corrected chi connectivity index (χ3v) is 6.40. The molecule has 0 unspecified atom stereocenters. The normalized spacial score (nSPS) is 11.6. The monoisotopic (exact) mass is 452 g/mol. The van der Waals surface area contributed by atoms with E-state index in [0.717, 1.165) is 9.87 Å². The van der Waals surface area contributed by atoms with Crippen molar-refractivity contribution >= 4 is 22.1 Å². The number of carbonyl (C=O) groups excluding carboxylic acids is 1. The Morgan fingerprint density at radius 1 is 1.16 bits per heavy atom. The highest BCUT2D eigenvalue weighted by Gasteiger charge is 2.27. The van der Waals surface area contributed by atoms with Gasteiger partial charge in [-0.3, -0.25) is 9.78 Å². The van der Waals surface area contributed by atoms with Gasteiger partial charge in [0.2, 0.25) is 10.0 Å². The fraction of sp³-hybridized carbons (Fsp3) is 0.174. The zero-order chi connectivity index (χ0) is 23.0. The van der Waals surface area contributed by atoms with Gasteiger partial charge in [-0.15, -0.1) is 0 Å². The fourth-order valence-corrected chi connectivity index (χ4v) is 4.47. The van der Waals surface area contributed by atoms with Crippen LogP contribution < -0.4 is 10.2 Å². The van der Waals surface area contributed by atoms with Crippen molar-refractivity contribution in [1.29, 1.82) is 0 Å². The summed E-state index contributed by atoms with van der Waals surface area (Å²) in [5, 5.41) is 3.89. The number of nitrogens with one attached hydrogen (secondary N) is 1. The van der Waals surface area contributed by atoms with Crippen LogP contribution in [-0.4, -0.2) is 43.5 Å². The minimum atomic E-state index is -3.96. The first-order valence-electron chi connectivity index (χ1n) is 9.81. The molecular weight excluding hydrogens is 428 g/mol. The average molecular weight is 453 g/mol. The number of sulfonamides is 1. The number of pyridine rings is 1. The van der Waals surface area contributed by atoms with Crippen LogP contribution in [0.4, 0.5) is 0 Å². The molecule has 8 nitrogen and oxygen atoms in total. The molecule has 1 amide bonds. The second-order valence-corrected chi connectivity index (χ2v) is 8.91. The summed E-state index contributed by atoms with van der Waals surface area (Å²) < 4.78 is 33.1. The molecule has 0 bridgehead atoms. The van der Waals surface area contributed by atoms with Crippen LogP contribution in [-0.2, 0) is 21.4 Å². The maximum atomic E-state index is 13.4. The first-order valence-corrected chi connectivity index (χ1v) is 11.2. The molecule has 0 aliphatic heterocycles. The Balaban J connectivity index is 1.82. The molecule has 0 atom stereocenters. The quantitative estimate of drug-likeness (QED) is 0.397. The molecule has 1 N–H and O–H groups in total. The van der Waals surface area contributed by atoms with Crippen molar-refractivity contribution in [1.82, 2.24) is 14.7 Å². The summed E-state index contributed by atoms with van der Waals surface area (Å²) in [5.74, 6) is 0.0240. The first kappa shape index (κ1) is 23.1. The zero-order valence-corrected chi connectivity index (χ0v) is 18.6. The van der Waals surface area contributed by atoms with Gasteiger partial charge in [0.05, 0.1) is 24.8 Å². The summed E-state index contributed by atoms with van der Waals surface area (Å²) in [5.41, 5.74) is 4.52. The molecule has 0 fully saturated rings. The van der Waals surface area contributed by atoms with E-state index >= 15 is 0 Å². The van der Waals surface area contributed by atoms with Gasteiger partial charge in [0, 0.05) is 24.5 Å². The van der Waals surface area contributed by atoms with Crippen LogP contribution in [0, 0.1) is 6.92 Å². The molecule has 0 saturated heterocycles. The number of hydrazone groups is 1. The van der Waals surface area contributed by atoms with E-state index < -0.39 is 22.5 Å². The maximum Gasteiger partial charge on any atom is 0.255 e. The summed E-state index contributed by atoms with van der Waals surface area (Å²) in [4.78, 5) is 16.6. The summed E-state index contributed by atoms with van der Waals surface area (Å²) in [6.07, 6.45) is 4.66. The molecule has 3 rings (SSSR count). The summed E-state index contributed by atoms with van der Waals surface area (Å²) in [7, 11) is -2.44. The molecular formula is C23H24N4O4S. The second-order valence-electron chi connectivity index (χ2n) is 6.97. The van der Waals surface area contributed by atoms with Gasteiger partial charge >= 0.3 is 0 Å². The Kier molecular flexibility index (Phi) is 7.69. The minimum Gasteiger partial charge on any atom is -0.496 e. The van der Waals surface area contributed by atoms with Gasteiger partial charge in [-0.2, -0.15) is 9.41 Å². The number of aromatic nitrogens is 1. The van der Waals surface area contributed by atoms with Gasteiger partial charge < -0.3 is 4.74 Å². The van der Waals surface area contributed by atoms with Crippen molar-refractivity contribution in [2.45, 2.75) is 18.4 Å². The third-order valence-electron chi connectivity index (χ3n) is 4.61. The van der Waals surface area contributed by atoms with E-state index in [1.165, 1.54) is 25.5 Å². The van der Waals surface area contributed by atoms with E-state index in [4.69, 9.17) is 4.74 Å². The molecule has 0 saturated carbocycles. The lowest BCUT2D eigenvalue weighted by Crippen LogP contribution is -2.39. The van der Waals surface area contributed by atoms with Crippen LogP contribution in [0.1, 0.15) is 16.7 Å². The van der Waals surface area contributed by atoms with E-state index in [0.29, 0.717) is 16.9 Å². The number of ether oxygens (including phenoxy) is 1.